The van der Waals surface area contributed by atoms with Gasteiger partial charge in [0, 0.05) is 14.1 Å². The van der Waals surface area contributed by atoms with Crippen LogP contribution in [0.5, 0.6) is 0 Å². The molecule has 1 aromatic heterocycles. The summed E-state index contributed by atoms with van der Waals surface area (Å²) in [7, 11) is -3.14. The molecule has 0 bridgehead atoms. The number of imidazole rings is 1. The lowest BCUT2D eigenvalue weighted by molar-refractivity contribution is 0.0563. The van der Waals surface area contributed by atoms with Crippen molar-refractivity contribution in [3.05, 3.63) is 47.3 Å². The molecule has 2 aromatic rings. The Morgan fingerprint density at radius 2 is 1.64 bits per heavy atom. The molecule has 0 saturated carbocycles. The molecule has 0 fully saturated rings. The van der Waals surface area contributed by atoms with E-state index in [0.717, 1.165) is 24.0 Å². The van der Waals surface area contributed by atoms with E-state index in [1.54, 1.807) is 6.20 Å². The van der Waals surface area contributed by atoms with E-state index in [2.05, 4.69) is 38.8 Å². The molecular weight excluding hydrogens is 450 g/mol. The van der Waals surface area contributed by atoms with Gasteiger partial charge in [0.05, 0.1) is 11.9 Å². The van der Waals surface area contributed by atoms with Crippen LogP contribution < -0.4 is 5.45 Å². The van der Waals surface area contributed by atoms with Crippen molar-refractivity contribution in [3.63, 3.8) is 0 Å². The highest BCUT2D eigenvalue weighted by Gasteiger charge is 2.47. The van der Waals surface area contributed by atoms with Crippen molar-refractivity contribution < 1.29 is 13.5 Å². The van der Waals surface area contributed by atoms with Crippen LogP contribution in [-0.2, 0) is 22.2 Å². The Kier molecular flexibility index (Phi) is 9.71. The van der Waals surface area contributed by atoms with Crippen LogP contribution >= 0.6 is 0 Å². The monoisotopic (exact) mass is 495 g/mol. The summed E-state index contributed by atoms with van der Waals surface area (Å²) in [6.07, 6.45) is 3.72. The summed E-state index contributed by atoms with van der Waals surface area (Å²) in [6, 6.07) is 7.76. The van der Waals surface area contributed by atoms with Crippen molar-refractivity contribution in [1.29, 1.82) is 0 Å². The van der Waals surface area contributed by atoms with E-state index in [-0.39, 0.29) is 5.04 Å². The van der Waals surface area contributed by atoms with E-state index >= 15 is 0 Å². The second-order valence-electron chi connectivity index (χ2n) is 9.77. The molecule has 1 aliphatic carbocycles. The summed E-state index contributed by atoms with van der Waals surface area (Å²) in [6.45, 7) is 18.7. The maximum atomic E-state index is 13.5. The highest BCUT2D eigenvalue weighted by atomic mass is 32.2. The summed E-state index contributed by atoms with van der Waals surface area (Å²) >= 11 is 0. The summed E-state index contributed by atoms with van der Waals surface area (Å²) in [4.78, 5) is 4.66. The Labute approximate surface area is 203 Å². The van der Waals surface area contributed by atoms with E-state index < -0.39 is 23.9 Å². The van der Waals surface area contributed by atoms with E-state index in [0.29, 0.717) is 17.6 Å². The number of nitrogens with zero attached hydrogens (tertiary/aromatic N) is 3. The van der Waals surface area contributed by atoms with Crippen LogP contribution in [0.25, 0.3) is 0 Å². The molecule has 0 amide bonds. The second kappa shape index (κ2) is 10.8. The number of benzene rings is 1. The van der Waals surface area contributed by atoms with E-state index in [1.807, 2.05) is 52.0 Å². The van der Waals surface area contributed by atoms with Crippen molar-refractivity contribution in [2.24, 2.45) is 0 Å². The number of aryl methyl sites for hydroxylation is 1. The van der Waals surface area contributed by atoms with Crippen LogP contribution in [0.4, 0.5) is 0 Å². The fourth-order valence-corrected chi connectivity index (χ4v) is 7.60. The smallest absolute Gasteiger partial charge is 0.308 e. The predicted molar refractivity (Wildman–Crippen MR) is 142 cm³/mol. The van der Waals surface area contributed by atoms with Gasteiger partial charge in [0.25, 0.3) is 0 Å². The average molecular weight is 496 g/mol. The molecule has 1 aromatic carbocycles. The quantitative estimate of drug-likeness (QED) is 0.614. The number of hydrogen-bond acceptors (Lipinski definition) is 4. The fraction of sp³-hybridized carbons (Fsp3) is 0.640. The molecule has 0 radical (unpaired) electrons. The van der Waals surface area contributed by atoms with Gasteiger partial charge in [-0.3, -0.25) is 0 Å². The Hall–Kier alpha value is -1.48. The van der Waals surface area contributed by atoms with E-state index in [1.165, 1.54) is 22.4 Å². The lowest BCUT2D eigenvalue weighted by Gasteiger charge is -2.38. The molecule has 1 heterocycles. The molecule has 188 valence electrons. The molecule has 1 unspecified atom stereocenters. The maximum absolute atomic E-state index is 13.5. The topological polar surface area (TPSA) is 75.4 Å². The van der Waals surface area contributed by atoms with Gasteiger partial charge in [0.15, 0.2) is 0 Å². The average Bonchev–Trinajstić information content (AvgIpc) is 3.24. The first-order valence-electron chi connectivity index (χ1n) is 12.1. The van der Waals surface area contributed by atoms with Crippen molar-refractivity contribution in [2.45, 2.75) is 91.5 Å². The normalized spacial score (nSPS) is 18.6. The van der Waals surface area contributed by atoms with Crippen LogP contribution in [0, 0.1) is 0 Å². The molecule has 0 aliphatic heterocycles. The molecule has 0 spiro atoms. The van der Waals surface area contributed by atoms with Crippen LogP contribution in [-0.4, -0.2) is 49.0 Å². The van der Waals surface area contributed by atoms with E-state index in [9.17, 15) is 13.5 Å². The van der Waals surface area contributed by atoms with Gasteiger partial charge in [0.2, 0.25) is 0 Å². The van der Waals surface area contributed by atoms with Crippen LogP contribution in [0.15, 0.2) is 30.5 Å². The first-order chi connectivity index (χ1) is 15.2. The van der Waals surface area contributed by atoms with E-state index in [4.69, 9.17) is 0 Å². The van der Waals surface area contributed by atoms with Gasteiger partial charge in [-0.25, -0.2) is 8.96 Å². The third-order valence-electron chi connectivity index (χ3n) is 6.72. The molecule has 6 nitrogen and oxygen atoms in total. The highest BCUT2D eigenvalue weighted by Crippen LogP contribution is 2.42. The summed E-state index contributed by atoms with van der Waals surface area (Å²) < 4.78 is 29.5. The van der Waals surface area contributed by atoms with Crippen molar-refractivity contribution in [3.8, 4) is 0 Å². The molecule has 1 aliphatic rings. The maximum Gasteiger partial charge on any atom is 0.308 e. The summed E-state index contributed by atoms with van der Waals surface area (Å²) in [5.74, 6) is 0. The van der Waals surface area contributed by atoms with Gasteiger partial charge in [0.1, 0.15) is 19.1 Å². The van der Waals surface area contributed by atoms with Gasteiger partial charge in [-0.15, -0.1) is 0 Å². The summed E-state index contributed by atoms with van der Waals surface area (Å²) in [5, 5.41) is 11.8. The fourth-order valence-electron chi connectivity index (χ4n) is 3.84. The SMILES string of the molecule is CC.CC.CN(C)S(=O)(=O)n1c(C2(O)CCCc3ccccc32)cnc1[Si](C)(C)C(C)(C)C. The Bertz CT molecular complexity index is 1020. The predicted octanol–water partition coefficient (Wildman–Crippen LogP) is 4.88. The number of fused-ring (bicyclic) bond motifs is 1. The third kappa shape index (κ3) is 5.29. The van der Waals surface area contributed by atoms with Gasteiger partial charge < -0.3 is 5.11 Å². The Morgan fingerprint density at radius 3 is 2.15 bits per heavy atom. The zero-order chi connectivity index (χ0) is 25.8. The zero-order valence-corrected chi connectivity index (χ0v) is 24.3. The van der Waals surface area contributed by atoms with Crippen molar-refractivity contribution in [2.75, 3.05) is 14.1 Å². The number of aliphatic hydroxyl groups is 1. The molecule has 1 N–H and O–H groups in total. The van der Waals surface area contributed by atoms with Crippen LogP contribution in [0.3, 0.4) is 0 Å². The lowest BCUT2D eigenvalue weighted by atomic mass is 9.77. The minimum atomic E-state index is -3.87. The summed E-state index contributed by atoms with van der Waals surface area (Å²) in [5.41, 5.74) is 1.38. The second-order valence-corrected chi connectivity index (χ2v) is 17.0. The lowest BCUT2D eigenvalue weighted by Crippen LogP contribution is -2.57. The van der Waals surface area contributed by atoms with Crippen LogP contribution in [0.1, 0.15) is 78.1 Å². The molecule has 1 atom stereocenters. The van der Waals surface area contributed by atoms with Gasteiger partial charge >= 0.3 is 10.2 Å². The first kappa shape index (κ1) is 29.5. The standard InChI is InChI=1S/C21H33N3O3SSi.2C2H6/c1-20(2,3)29(6,7)19-22-15-18(24(19)28(26,27)23(4)5)21(25)14-10-12-16-11-8-9-13-17(16)21;2*1-2/h8-9,11,13,15,25H,10,12,14H2,1-7H3;2*1-2H3. The van der Waals surface area contributed by atoms with Crippen molar-refractivity contribution >= 4 is 23.7 Å². The molecule has 33 heavy (non-hydrogen) atoms. The number of rotatable bonds is 4. The number of aromatic nitrogens is 2. The Morgan fingerprint density at radius 1 is 1.09 bits per heavy atom. The largest absolute Gasteiger partial charge is 0.379 e. The molecule has 8 heteroatoms. The van der Waals surface area contributed by atoms with Crippen molar-refractivity contribution in [1.82, 2.24) is 13.3 Å². The molecular formula is C25H45N3O3SSi. The van der Waals surface area contributed by atoms with Gasteiger partial charge in [-0.1, -0.05) is 85.8 Å². The zero-order valence-electron chi connectivity index (χ0n) is 22.5. The van der Waals surface area contributed by atoms with Gasteiger partial charge in [-0.05, 0) is 35.4 Å². The van der Waals surface area contributed by atoms with Crippen LogP contribution in [0.2, 0.25) is 18.1 Å². The number of hydrogen-bond donors (Lipinski definition) is 1. The highest BCUT2D eigenvalue weighted by molar-refractivity contribution is 7.87. The minimum absolute atomic E-state index is 0.109. The third-order valence-corrected chi connectivity index (χ3v) is 13.9. The molecule has 0 saturated heterocycles. The molecule has 3 rings (SSSR count). The first-order valence-corrected chi connectivity index (χ1v) is 16.5. The minimum Gasteiger partial charge on any atom is -0.379 e. The van der Waals surface area contributed by atoms with Gasteiger partial charge in [-0.2, -0.15) is 12.7 Å². The Balaban J connectivity index is 0.00000129.